The molecule has 0 fully saturated rings. The van der Waals surface area contributed by atoms with E-state index in [4.69, 9.17) is 0 Å². The first kappa shape index (κ1) is 12.4. The van der Waals surface area contributed by atoms with Gasteiger partial charge in [0.2, 0.25) is 0 Å². The second kappa shape index (κ2) is 4.93. The first-order chi connectivity index (χ1) is 6.96. The molecule has 0 saturated carbocycles. The zero-order valence-electron chi connectivity index (χ0n) is 10.0. The van der Waals surface area contributed by atoms with Crippen LogP contribution in [0, 0.1) is 12.3 Å². The average molecular weight is 224 g/mol. The van der Waals surface area contributed by atoms with Gasteiger partial charge in [-0.3, -0.25) is 4.21 Å². The fraction of sp³-hybridized carbons (Fsp3) is 0.538. The molecule has 0 bridgehead atoms. The maximum atomic E-state index is 12.2. The molecule has 0 aliphatic carbocycles. The van der Waals surface area contributed by atoms with E-state index in [1.54, 1.807) is 0 Å². The van der Waals surface area contributed by atoms with Gasteiger partial charge >= 0.3 is 0 Å². The summed E-state index contributed by atoms with van der Waals surface area (Å²) in [7, 11) is -0.864. The van der Waals surface area contributed by atoms with Gasteiger partial charge in [0.15, 0.2) is 0 Å². The van der Waals surface area contributed by atoms with Gasteiger partial charge in [0.05, 0.1) is 10.8 Å². The lowest BCUT2D eigenvalue weighted by Crippen LogP contribution is -2.19. The van der Waals surface area contributed by atoms with Crippen LogP contribution in [-0.2, 0) is 10.8 Å². The van der Waals surface area contributed by atoms with Gasteiger partial charge in [0.1, 0.15) is 0 Å². The topological polar surface area (TPSA) is 17.1 Å². The molecule has 1 aromatic rings. The Kier molecular flexibility index (Phi) is 4.09. The van der Waals surface area contributed by atoms with Gasteiger partial charge in [0.25, 0.3) is 0 Å². The van der Waals surface area contributed by atoms with E-state index in [2.05, 4.69) is 20.8 Å². The molecule has 0 aliphatic rings. The predicted octanol–water partition coefficient (Wildman–Crippen LogP) is 3.54. The lowest BCUT2D eigenvalue weighted by atomic mass is 9.93. The third-order valence-corrected chi connectivity index (χ3v) is 4.81. The summed E-state index contributed by atoms with van der Waals surface area (Å²) in [6.45, 7) is 8.51. The molecule has 1 rings (SSSR count). The lowest BCUT2D eigenvalue weighted by molar-refractivity contribution is 0.403. The Bertz CT molecular complexity index is 355. The van der Waals surface area contributed by atoms with E-state index in [1.165, 1.54) is 0 Å². The molecule has 84 valence electrons. The van der Waals surface area contributed by atoms with Crippen LogP contribution in [-0.4, -0.2) is 9.96 Å². The van der Waals surface area contributed by atoms with Gasteiger partial charge in [-0.15, -0.1) is 0 Å². The van der Waals surface area contributed by atoms with Crippen LogP contribution < -0.4 is 0 Å². The maximum absolute atomic E-state index is 12.2. The van der Waals surface area contributed by atoms with Crippen LogP contribution in [0.5, 0.6) is 0 Å². The third-order valence-electron chi connectivity index (χ3n) is 2.82. The van der Waals surface area contributed by atoms with Gasteiger partial charge in [-0.25, -0.2) is 0 Å². The van der Waals surface area contributed by atoms with Crippen molar-refractivity contribution in [2.24, 2.45) is 5.41 Å². The van der Waals surface area contributed by atoms with E-state index in [0.717, 1.165) is 22.6 Å². The van der Waals surface area contributed by atoms with E-state index in [0.29, 0.717) is 0 Å². The molecule has 1 atom stereocenters. The molecular weight excluding hydrogens is 204 g/mol. The number of hydrogen-bond acceptors (Lipinski definition) is 1. The molecule has 0 aromatic heterocycles. The summed E-state index contributed by atoms with van der Waals surface area (Å²) in [5, 5.41) is 0. The second-order valence-corrected chi connectivity index (χ2v) is 6.19. The van der Waals surface area contributed by atoms with Crippen molar-refractivity contribution in [2.75, 3.05) is 5.75 Å². The Hall–Kier alpha value is -0.630. The molecule has 0 amide bonds. The molecule has 1 nitrogen and oxygen atoms in total. The van der Waals surface area contributed by atoms with Crippen molar-refractivity contribution in [3.63, 3.8) is 0 Å². The summed E-state index contributed by atoms with van der Waals surface area (Å²) in [6, 6.07) is 7.93. The van der Waals surface area contributed by atoms with Gasteiger partial charge in [-0.1, -0.05) is 45.4 Å². The zero-order valence-corrected chi connectivity index (χ0v) is 10.9. The predicted molar refractivity (Wildman–Crippen MR) is 66.5 cm³/mol. The average Bonchev–Trinajstić information content (AvgIpc) is 2.17. The smallest absolute Gasteiger partial charge is 0.0537 e. The van der Waals surface area contributed by atoms with Crippen molar-refractivity contribution in [3.05, 3.63) is 29.8 Å². The van der Waals surface area contributed by atoms with Crippen molar-refractivity contribution in [1.29, 1.82) is 0 Å². The minimum atomic E-state index is -0.864. The summed E-state index contributed by atoms with van der Waals surface area (Å²) >= 11 is 0. The molecule has 15 heavy (non-hydrogen) atoms. The molecule has 0 unspecified atom stereocenters. The zero-order chi connectivity index (χ0) is 11.5. The maximum Gasteiger partial charge on any atom is 0.0537 e. The summed E-state index contributed by atoms with van der Waals surface area (Å²) < 4.78 is 12.2. The highest BCUT2D eigenvalue weighted by atomic mass is 32.2. The molecule has 1 aromatic carbocycles. The van der Waals surface area contributed by atoms with Crippen molar-refractivity contribution < 1.29 is 4.21 Å². The van der Waals surface area contributed by atoms with Crippen molar-refractivity contribution in [1.82, 2.24) is 0 Å². The standard InChI is InChI=1S/C13H20OS/c1-5-13(3,4)10-15(14)12-9-7-6-8-11(12)2/h6-9H,5,10H2,1-4H3/t15-/m1/s1. The Balaban J connectivity index is 2.83. The highest BCUT2D eigenvalue weighted by molar-refractivity contribution is 7.85. The highest BCUT2D eigenvalue weighted by Crippen LogP contribution is 2.24. The minimum absolute atomic E-state index is 0.160. The molecule has 0 spiro atoms. The number of benzene rings is 1. The van der Waals surface area contributed by atoms with Crippen molar-refractivity contribution in [3.8, 4) is 0 Å². The Morgan fingerprint density at radius 3 is 2.40 bits per heavy atom. The van der Waals surface area contributed by atoms with Crippen LogP contribution in [0.25, 0.3) is 0 Å². The lowest BCUT2D eigenvalue weighted by Gasteiger charge is -2.22. The van der Waals surface area contributed by atoms with Crippen molar-refractivity contribution in [2.45, 2.75) is 39.0 Å². The first-order valence-electron chi connectivity index (χ1n) is 5.40. The third kappa shape index (κ3) is 3.45. The summed E-state index contributed by atoms with van der Waals surface area (Å²) in [5.41, 5.74) is 1.29. The second-order valence-electron chi connectivity index (χ2n) is 4.77. The fourth-order valence-electron chi connectivity index (χ4n) is 1.35. The molecule has 2 heteroatoms. The van der Waals surface area contributed by atoms with E-state index in [1.807, 2.05) is 31.2 Å². The van der Waals surface area contributed by atoms with E-state index >= 15 is 0 Å². The van der Waals surface area contributed by atoms with Crippen LogP contribution in [0.15, 0.2) is 29.2 Å². The SMILES string of the molecule is CCC(C)(C)C[S@@](=O)c1ccccc1C. The normalized spacial score (nSPS) is 13.9. The minimum Gasteiger partial charge on any atom is -0.254 e. The quantitative estimate of drug-likeness (QED) is 0.764. The number of rotatable bonds is 4. The van der Waals surface area contributed by atoms with Crippen LogP contribution in [0.2, 0.25) is 0 Å². The molecule has 0 radical (unpaired) electrons. The Morgan fingerprint density at radius 1 is 1.27 bits per heavy atom. The van der Waals surface area contributed by atoms with Crippen LogP contribution in [0.1, 0.15) is 32.8 Å². The Labute approximate surface area is 95.4 Å². The van der Waals surface area contributed by atoms with Crippen LogP contribution in [0.4, 0.5) is 0 Å². The van der Waals surface area contributed by atoms with E-state index < -0.39 is 10.8 Å². The van der Waals surface area contributed by atoms with E-state index in [9.17, 15) is 4.21 Å². The number of hydrogen-bond donors (Lipinski definition) is 0. The Morgan fingerprint density at radius 2 is 1.87 bits per heavy atom. The molecular formula is C13H20OS. The summed E-state index contributed by atoms with van der Waals surface area (Å²) in [5.74, 6) is 0.744. The van der Waals surface area contributed by atoms with Crippen LogP contribution in [0.3, 0.4) is 0 Å². The summed E-state index contributed by atoms with van der Waals surface area (Å²) in [4.78, 5) is 0.985. The number of aryl methyl sites for hydroxylation is 1. The van der Waals surface area contributed by atoms with Gasteiger partial charge < -0.3 is 0 Å². The molecule has 0 saturated heterocycles. The highest BCUT2D eigenvalue weighted by Gasteiger charge is 2.20. The van der Waals surface area contributed by atoms with Gasteiger partial charge in [0, 0.05) is 10.6 Å². The monoisotopic (exact) mass is 224 g/mol. The molecule has 0 aliphatic heterocycles. The largest absolute Gasteiger partial charge is 0.254 e. The fourth-order valence-corrected chi connectivity index (χ4v) is 3.07. The van der Waals surface area contributed by atoms with Gasteiger partial charge in [-0.05, 0) is 24.0 Å². The molecule has 0 heterocycles. The van der Waals surface area contributed by atoms with Crippen LogP contribution >= 0.6 is 0 Å². The van der Waals surface area contributed by atoms with Crippen molar-refractivity contribution >= 4 is 10.8 Å². The molecule has 0 N–H and O–H groups in total. The van der Waals surface area contributed by atoms with Gasteiger partial charge in [-0.2, -0.15) is 0 Å². The first-order valence-corrected chi connectivity index (χ1v) is 6.72. The van der Waals surface area contributed by atoms with E-state index in [-0.39, 0.29) is 5.41 Å². The summed E-state index contributed by atoms with van der Waals surface area (Å²) in [6.07, 6.45) is 1.06.